The zero-order chi connectivity index (χ0) is 36.9. The predicted molar refractivity (Wildman–Crippen MR) is 214 cm³/mol. The van der Waals surface area contributed by atoms with Crippen molar-refractivity contribution in [3.05, 3.63) is 12.2 Å². The molecule has 0 saturated heterocycles. The number of unbranched alkanes of at least 4 members (excludes halogenated alkanes) is 26. The maximum absolute atomic E-state index is 12.5. The Hall–Kier alpha value is -0.950. The highest BCUT2D eigenvalue weighted by Gasteiger charge is 2.28. The molecule has 0 aromatic heterocycles. The summed E-state index contributed by atoms with van der Waals surface area (Å²) in [6.07, 6.45) is 39.7. The van der Waals surface area contributed by atoms with E-state index in [9.17, 15) is 25.2 Å². The van der Waals surface area contributed by atoms with E-state index < -0.39 is 36.9 Å². The van der Waals surface area contributed by atoms with Gasteiger partial charge in [0.05, 0.1) is 18.8 Å². The number of carbonyl (C=O) groups excluding carboxylic acids is 1. The zero-order valence-electron chi connectivity index (χ0n) is 33.6. The fourth-order valence-corrected chi connectivity index (χ4v) is 6.86. The molecule has 0 heterocycles. The Balaban J connectivity index is 3.75. The molecule has 0 aliphatic rings. The van der Waals surface area contributed by atoms with Gasteiger partial charge in [0.1, 0.15) is 12.2 Å². The van der Waals surface area contributed by atoms with Gasteiger partial charge in [0.25, 0.3) is 0 Å². The largest absolute Gasteiger partial charge is 0.394 e. The lowest BCUT2D eigenvalue weighted by Crippen LogP contribution is -2.53. The van der Waals surface area contributed by atoms with Gasteiger partial charge in [0, 0.05) is 6.42 Å². The van der Waals surface area contributed by atoms with E-state index in [-0.39, 0.29) is 6.42 Å². The smallest absolute Gasteiger partial charge is 0.249 e. The topological polar surface area (TPSA) is 110 Å². The van der Waals surface area contributed by atoms with Gasteiger partial charge in [-0.15, -0.1) is 0 Å². The third kappa shape index (κ3) is 31.8. The van der Waals surface area contributed by atoms with E-state index >= 15 is 0 Å². The summed E-state index contributed by atoms with van der Waals surface area (Å²) in [5, 5.41) is 43.5. The third-order valence-corrected chi connectivity index (χ3v) is 10.8. The van der Waals surface area contributed by atoms with Crippen LogP contribution in [-0.2, 0) is 4.79 Å². The van der Waals surface area contributed by atoms with E-state index in [4.69, 9.17) is 0 Å². The first kappa shape index (κ1) is 49.0. The van der Waals surface area contributed by atoms with Gasteiger partial charge in [-0.1, -0.05) is 213 Å². The van der Waals surface area contributed by atoms with Gasteiger partial charge < -0.3 is 25.7 Å². The van der Waals surface area contributed by atoms with E-state index in [0.29, 0.717) is 6.42 Å². The van der Waals surface area contributed by atoms with Crippen LogP contribution >= 0.6 is 0 Å². The molecule has 6 heteroatoms. The van der Waals surface area contributed by atoms with Crippen molar-refractivity contribution in [1.29, 1.82) is 0 Å². The van der Waals surface area contributed by atoms with Crippen LogP contribution in [0.3, 0.4) is 0 Å². The molecule has 5 unspecified atom stereocenters. The normalized spacial score (nSPS) is 14.9. The Morgan fingerprint density at radius 2 is 0.960 bits per heavy atom. The number of nitrogens with one attached hydrogen (secondary N) is 1. The maximum Gasteiger partial charge on any atom is 0.249 e. The molecule has 0 rings (SSSR count). The Morgan fingerprint density at radius 1 is 0.560 bits per heavy atom. The predicted octanol–water partition coefficient (Wildman–Crippen LogP) is 11.3. The van der Waals surface area contributed by atoms with Crippen molar-refractivity contribution in [2.45, 2.75) is 251 Å². The highest BCUT2D eigenvalue weighted by atomic mass is 16.3. The van der Waals surface area contributed by atoms with Crippen molar-refractivity contribution in [2.75, 3.05) is 6.61 Å². The number of hydrogen-bond acceptors (Lipinski definition) is 5. The van der Waals surface area contributed by atoms with Crippen LogP contribution in [0, 0.1) is 5.92 Å². The Kier molecular flexibility index (Phi) is 37.1. The number of amides is 1. The van der Waals surface area contributed by atoms with E-state index in [1.165, 1.54) is 161 Å². The molecule has 0 aliphatic carbocycles. The van der Waals surface area contributed by atoms with Gasteiger partial charge in [-0.25, -0.2) is 0 Å². The minimum atomic E-state index is -1.27. The second-order valence-corrected chi connectivity index (χ2v) is 15.7. The van der Waals surface area contributed by atoms with Crippen LogP contribution in [0.5, 0.6) is 0 Å². The molecule has 6 nitrogen and oxygen atoms in total. The quantitative estimate of drug-likeness (QED) is 0.0322. The van der Waals surface area contributed by atoms with Gasteiger partial charge in [-0.3, -0.25) is 4.79 Å². The molecule has 5 N–H and O–H groups in total. The van der Waals surface area contributed by atoms with Crippen molar-refractivity contribution in [2.24, 2.45) is 5.92 Å². The molecule has 1 amide bonds. The fourth-order valence-electron chi connectivity index (χ4n) is 6.86. The first-order valence-corrected chi connectivity index (χ1v) is 22.0. The number of allylic oxidation sites excluding steroid dienone is 1. The second-order valence-electron chi connectivity index (χ2n) is 15.7. The molecule has 0 saturated carbocycles. The summed E-state index contributed by atoms with van der Waals surface area (Å²) in [4.78, 5) is 12.5. The number of carbonyl (C=O) groups is 1. The summed E-state index contributed by atoms with van der Waals surface area (Å²) in [7, 11) is 0. The van der Waals surface area contributed by atoms with Crippen LogP contribution in [0.25, 0.3) is 0 Å². The molecule has 0 bridgehead atoms. The summed E-state index contributed by atoms with van der Waals surface area (Å²) in [5.41, 5.74) is 0. The molecule has 0 aromatic rings. The van der Waals surface area contributed by atoms with E-state index in [1.807, 2.05) is 12.2 Å². The van der Waals surface area contributed by atoms with Crippen molar-refractivity contribution in [1.82, 2.24) is 5.32 Å². The average molecular weight is 710 g/mol. The van der Waals surface area contributed by atoms with Crippen molar-refractivity contribution < 1.29 is 25.2 Å². The van der Waals surface area contributed by atoms with Crippen LogP contribution < -0.4 is 5.32 Å². The molecule has 5 atom stereocenters. The highest BCUT2D eigenvalue weighted by Crippen LogP contribution is 2.17. The lowest BCUT2D eigenvalue weighted by Gasteiger charge is -2.27. The van der Waals surface area contributed by atoms with Gasteiger partial charge in [-0.2, -0.15) is 0 Å². The van der Waals surface area contributed by atoms with Crippen LogP contribution in [0.4, 0.5) is 0 Å². The summed E-state index contributed by atoms with van der Waals surface area (Å²) in [6, 6.07) is -1.00. The maximum atomic E-state index is 12.5. The lowest BCUT2D eigenvalue weighted by atomic mass is 9.98. The van der Waals surface area contributed by atoms with E-state index in [2.05, 4.69) is 26.1 Å². The van der Waals surface area contributed by atoms with E-state index in [1.54, 1.807) is 0 Å². The standard InChI is InChI=1S/C44H87NO5/c1-4-6-7-8-9-10-11-12-13-14-15-16-17-18-19-20-21-24-28-31-34-37-42(48)44(50)45-40(38-46)43(49)41(47)36-33-30-27-25-22-23-26-29-32-35-39(3)5-2/h31,34,39-43,46-49H,4-30,32-33,35-38H2,1-3H3,(H,45,50). The van der Waals surface area contributed by atoms with Gasteiger partial charge in [-0.05, 0) is 25.2 Å². The molecular formula is C44H87NO5. The average Bonchev–Trinajstić information content (AvgIpc) is 3.12. The Bertz CT molecular complexity index is 731. The molecule has 298 valence electrons. The number of aliphatic hydroxyl groups excluding tert-OH is 4. The summed E-state index contributed by atoms with van der Waals surface area (Å²) >= 11 is 0. The lowest BCUT2D eigenvalue weighted by molar-refractivity contribution is -0.132. The van der Waals surface area contributed by atoms with E-state index in [0.717, 1.165) is 38.0 Å². The van der Waals surface area contributed by atoms with Gasteiger partial charge >= 0.3 is 0 Å². The van der Waals surface area contributed by atoms with Gasteiger partial charge in [0.15, 0.2) is 0 Å². The summed E-state index contributed by atoms with van der Waals surface area (Å²) < 4.78 is 0. The minimum absolute atomic E-state index is 0.194. The minimum Gasteiger partial charge on any atom is -0.394 e. The van der Waals surface area contributed by atoms with Crippen LogP contribution in [-0.4, -0.2) is 57.3 Å². The first-order chi connectivity index (χ1) is 24.4. The Morgan fingerprint density at radius 3 is 1.38 bits per heavy atom. The number of hydrogen-bond donors (Lipinski definition) is 5. The zero-order valence-corrected chi connectivity index (χ0v) is 33.6. The fraction of sp³-hybridized carbons (Fsp3) is 0.932. The molecule has 0 radical (unpaired) electrons. The monoisotopic (exact) mass is 710 g/mol. The summed E-state index contributed by atoms with van der Waals surface area (Å²) in [6.45, 7) is 6.39. The van der Waals surface area contributed by atoms with Crippen LogP contribution in [0.1, 0.15) is 226 Å². The van der Waals surface area contributed by atoms with Crippen molar-refractivity contribution >= 4 is 5.91 Å². The molecule has 0 aromatic carbocycles. The number of rotatable bonds is 39. The summed E-state index contributed by atoms with van der Waals surface area (Å²) in [5.74, 6) is 0.220. The second kappa shape index (κ2) is 37.8. The number of aliphatic hydroxyl groups is 4. The highest BCUT2D eigenvalue weighted by molar-refractivity contribution is 5.81. The first-order valence-electron chi connectivity index (χ1n) is 22.0. The third-order valence-electron chi connectivity index (χ3n) is 10.8. The van der Waals surface area contributed by atoms with Crippen molar-refractivity contribution in [3.8, 4) is 0 Å². The molecule has 0 aliphatic heterocycles. The molecule has 50 heavy (non-hydrogen) atoms. The molecular weight excluding hydrogens is 622 g/mol. The molecule has 0 fully saturated rings. The van der Waals surface area contributed by atoms with Crippen molar-refractivity contribution in [3.63, 3.8) is 0 Å². The Labute approximate surface area is 311 Å². The SMILES string of the molecule is CCCCCCCCCCCCCCCCCCCCC=CCC(O)C(=O)NC(CO)C(O)C(O)CCCCCCCCCCCC(C)CC. The van der Waals surface area contributed by atoms with Gasteiger partial charge in [0.2, 0.25) is 5.91 Å². The van der Waals surface area contributed by atoms with Crippen LogP contribution in [0.2, 0.25) is 0 Å². The van der Waals surface area contributed by atoms with Crippen LogP contribution in [0.15, 0.2) is 12.2 Å². The molecule has 0 spiro atoms.